The molecule has 9 heteroatoms. The number of carbonyl (C=O) groups is 1. The lowest BCUT2D eigenvalue weighted by atomic mass is 10.2. The number of nitrogens with zero attached hydrogens (tertiary/aromatic N) is 3. The minimum Gasteiger partial charge on any atom is -0.459 e. The molecule has 0 fully saturated rings. The SMILES string of the molecule is Cc1ccc(S(=O)(=O)NCc2cn(CC(=O)OC(C)(C)C)nn2)cc1. The zero-order chi connectivity index (χ0) is 18.7. The lowest BCUT2D eigenvalue weighted by molar-refractivity contribution is -0.155. The molecule has 1 aromatic heterocycles. The van der Waals surface area contributed by atoms with Gasteiger partial charge in [-0.05, 0) is 39.8 Å². The van der Waals surface area contributed by atoms with E-state index < -0.39 is 21.6 Å². The van der Waals surface area contributed by atoms with Crippen LogP contribution in [-0.2, 0) is 32.6 Å². The molecule has 0 bridgehead atoms. The minimum atomic E-state index is -3.63. The van der Waals surface area contributed by atoms with Gasteiger partial charge < -0.3 is 4.74 Å². The van der Waals surface area contributed by atoms with E-state index in [2.05, 4.69) is 15.0 Å². The molecule has 0 atom stereocenters. The average molecular weight is 366 g/mol. The fourth-order valence-corrected chi connectivity index (χ4v) is 2.97. The second kappa shape index (κ2) is 7.32. The highest BCUT2D eigenvalue weighted by molar-refractivity contribution is 7.89. The number of aromatic nitrogens is 3. The molecule has 0 saturated heterocycles. The Morgan fingerprint density at radius 1 is 1.24 bits per heavy atom. The Labute approximate surface area is 147 Å². The molecule has 0 aliphatic rings. The van der Waals surface area contributed by atoms with E-state index in [4.69, 9.17) is 4.74 Å². The van der Waals surface area contributed by atoms with Crippen molar-refractivity contribution in [3.63, 3.8) is 0 Å². The van der Waals surface area contributed by atoms with E-state index in [0.717, 1.165) is 5.56 Å². The molecular formula is C16H22N4O4S. The second-order valence-electron chi connectivity index (χ2n) is 6.63. The summed E-state index contributed by atoms with van der Waals surface area (Å²) in [5, 5.41) is 7.66. The first-order chi connectivity index (χ1) is 11.5. The summed E-state index contributed by atoms with van der Waals surface area (Å²) < 4.78 is 33.4. The van der Waals surface area contributed by atoms with Gasteiger partial charge in [-0.25, -0.2) is 17.8 Å². The average Bonchev–Trinajstić information content (AvgIpc) is 2.91. The van der Waals surface area contributed by atoms with Gasteiger partial charge in [0.2, 0.25) is 10.0 Å². The number of esters is 1. The highest BCUT2D eigenvalue weighted by Crippen LogP contribution is 2.11. The maximum atomic E-state index is 12.2. The van der Waals surface area contributed by atoms with Crippen molar-refractivity contribution >= 4 is 16.0 Å². The smallest absolute Gasteiger partial charge is 0.328 e. The summed E-state index contributed by atoms with van der Waals surface area (Å²) in [5.74, 6) is -0.441. The number of carbonyl (C=O) groups excluding carboxylic acids is 1. The van der Waals surface area contributed by atoms with Crippen LogP contribution in [0.1, 0.15) is 32.0 Å². The first-order valence-corrected chi connectivity index (χ1v) is 9.21. The van der Waals surface area contributed by atoms with Gasteiger partial charge >= 0.3 is 5.97 Å². The molecule has 8 nitrogen and oxygen atoms in total. The van der Waals surface area contributed by atoms with Crippen molar-refractivity contribution in [2.45, 2.75) is 51.3 Å². The minimum absolute atomic E-state index is 0.0233. The van der Waals surface area contributed by atoms with E-state index in [1.807, 2.05) is 6.92 Å². The Kier molecular flexibility index (Phi) is 5.58. The van der Waals surface area contributed by atoms with Crippen molar-refractivity contribution in [2.75, 3.05) is 0 Å². The standard InChI is InChI=1S/C16H22N4O4S/c1-12-5-7-14(8-6-12)25(22,23)17-9-13-10-20(19-18-13)11-15(21)24-16(2,3)4/h5-8,10,17H,9,11H2,1-4H3. The van der Waals surface area contributed by atoms with Gasteiger partial charge in [-0.1, -0.05) is 22.9 Å². The van der Waals surface area contributed by atoms with Crippen molar-refractivity contribution in [2.24, 2.45) is 0 Å². The monoisotopic (exact) mass is 366 g/mol. The normalized spacial score (nSPS) is 12.2. The number of ether oxygens (including phenoxy) is 1. The summed E-state index contributed by atoms with van der Waals surface area (Å²) in [6.45, 7) is 7.10. The first-order valence-electron chi connectivity index (χ1n) is 7.72. The molecule has 0 aliphatic heterocycles. The highest BCUT2D eigenvalue weighted by atomic mass is 32.2. The van der Waals surface area contributed by atoms with Gasteiger partial charge in [0, 0.05) is 0 Å². The topological polar surface area (TPSA) is 103 Å². The Balaban J connectivity index is 1.95. The van der Waals surface area contributed by atoms with E-state index in [-0.39, 0.29) is 18.0 Å². The Morgan fingerprint density at radius 2 is 1.88 bits per heavy atom. The van der Waals surface area contributed by atoms with Gasteiger partial charge in [0.15, 0.2) is 0 Å². The second-order valence-corrected chi connectivity index (χ2v) is 8.40. The van der Waals surface area contributed by atoms with Crippen molar-refractivity contribution in [1.82, 2.24) is 19.7 Å². The molecule has 0 spiro atoms. The Hall–Kier alpha value is -2.26. The molecule has 1 aromatic carbocycles. The molecular weight excluding hydrogens is 344 g/mol. The quantitative estimate of drug-likeness (QED) is 0.775. The summed E-state index contributed by atoms with van der Waals surface area (Å²) in [6, 6.07) is 6.53. The summed E-state index contributed by atoms with van der Waals surface area (Å²) in [7, 11) is -3.63. The molecule has 25 heavy (non-hydrogen) atoms. The van der Waals surface area contributed by atoms with Crippen molar-refractivity contribution in [1.29, 1.82) is 0 Å². The van der Waals surface area contributed by atoms with Crippen LogP contribution in [0.3, 0.4) is 0 Å². The molecule has 0 aliphatic carbocycles. The third kappa shape index (κ3) is 5.95. The summed E-state index contributed by atoms with van der Waals surface area (Å²) >= 11 is 0. The van der Waals surface area contributed by atoms with Crippen LogP contribution >= 0.6 is 0 Å². The summed E-state index contributed by atoms with van der Waals surface area (Å²) in [5.41, 5.74) is 0.799. The van der Waals surface area contributed by atoms with Gasteiger partial charge in [0.1, 0.15) is 12.1 Å². The number of aryl methyl sites for hydroxylation is 1. The van der Waals surface area contributed by atoms with Crippen LogP contribution in [0.4, 0.5) is 0 Å². The molecule has 0 amide bonds. The van der Waals surface area contributed by atoms with Crippen LogP contribution in [-0.4, -0.2) is 35.0 Å². The lowest BCUT2D eigenvalue weighted by Crippen LogP contribution is -2.26. The van der Waals surface area contributed by atoms with E-state index in [1.54, 1.807) is 32.9 Å². The highest BCUT2D eigenvalue weighted by Gasteiger charge is 2.18. The fourth-order valence-electron chi connectivity index (χ4n) is 1.97. The number of nitrogens with one attached hydrogen (secondary N) is 1. The largest absolute Gasteiger partial charge is 0.459 e. The van der Waals surface area contributed by atoms with Crippen molar-refractivity contribution < 1.29 is 17.9 Å². The molecule has 2 rings (SSSR count). The maximum Gasteiger partial charge on any atom is 0.328 e. The fraction of sp³-hybridized carbons (Fsp3) is 0.438. The first kappa shape index (κ1) is 19.1. The molecule has 136 valence electrons. The van der Waals surface area contributed by atoms with Gasteiger partial charge in [0.25, 0.3) is 0 Å². The number of hydrogen-bond donors (Lipinski definition) is 1. The van der Waals surface area contributed by atoms with Crippen molar-refractivity contribution in [3.8, 4) is 0 Å². The predicted molar refractivity (Wildman–Crippen MR) is 91.1 cm³/mol. The maximum absolute atomic E-state index is 12.2. The lowest BCUT2D eigenvalue weighted by Gasteiger charge is -2.19. The molecule has 0 radical (unpaired) electrons. The van der Waals surface area contributed by atoms with Crippen LogP contribution in [0.15, 0.2) is 35.4 Å². The van der Waals surface area contributed by atoms with Gasteiger partial charge in [-0.15, -0.1) is 5.10 Å². The van der Waals surface area contributed by atoms with Gasteiger partial charge in [-0.3, -0.25) is 4.79 Å². The molecule has 0 saturated carbocycles. The predicted octanol–water partition coefficient (Wildman–Crippen LogP) is 1.41. The Morgan fingerprint density at radius 3 is 2.48 bits per heavy atom. The van der Waals surface area contributed by atoms with Crippen LogP contribution in [0.5, 0.6) is 0 Å². The number of hydrogen-bond acceptors (Lipinski definition) is 6. The van der Waals surface area contributed by atoms with Crippen LogP contribution in [0.2, 0.25) is 0 Å². The Bertz CT molecular complexity index is 836. The van der Waals surface area contributed by atoms with Gasteiger partial charge in [0.05, 0.1) is 23.3 Å². The molecule has 1 N–H and O–H groups in total. The van der Waals surface area contributed by atoms with Crippen LogP contribution in [0.25, 0.3) is 0 Å². The van der Waals surface area contributed by atoms with E-state index in [9.17, 15) is 13.2 Å². The summed E-state index contributed by atoms with van der Waals surface area (Å²) in [4.78, 5) is 11.9. The van der Waals surface area contributed by atoms with E-state index in [1.165, 1.54) is 23.0 Å². The van der Waals surface area contributed by atoms with E-state index in [0.29, 0.717) is 5.69 Å². The van der Waals surface area contributed by atoms with Crippen molar-refractivity contribution in [3.05, 3.63) is 41.7 Å². The van der Waals surface area contributed by atoms with Gasteiger partial charge in [-0.2, -0.15) is 0 Å². The third-order valence-corrected chi connectivity index (χ3v) is 4.49. The number of sulfonamides is 1. The molecule has 1 heterocycles. The number of benzene rings is 1. The van der Waals surface area contributed by atoms with E-state index >= 15 is 0 Å². The third-order valence-electron chi connectivity index (χ3n) is 3.07. The molecule has 0 unspecified atom stereocenters. The number of rotatable bonds is 6. The zero-order valence-electron chi connectivity index (χ0n) is 14.7. The summed E-state index contributed by atoms with van der Waals surface area (Å²) in [6.07, 6.45) is 1.50. The molecule has 2 aromatic rings. The van der Waals surface area contributed by atoms with Crippen LogP contribution < -0.4 is 4.72 Å². The zero-order valence-corrected chi connectivity index (χ0v) is 15.5. The van der Waals surface area contributed by atoms with Crippen LogP contribution in [0, 0.1) is 6.92 Å².